The molecule has 0 aliphatic carbocycles. The van der Waals surface area contributed by atoms with E-state index in [9.17, 15) is 19.2 Å². The van der Waals surface area contributed by atoms with Crippen molar-refractivity contribution < 1.29 is 23.9 Å². The van der Waals surface area contributed by atoms with Crippen LogP contribution < -0.4 is 10.6 Å². The largest absolute Gasteiger partial charge is 0.461 e. The van der Waals surface area contributed by atoms with E-state index in [1.165, 1.54) is 13.8 Å². The van der Waals surface area contributed by atoms with Crippen molar-refractivity contribution in [2.24, 2.45) is 0 Å². The molecule has 0 aromatic carbocycles. The average Bonchev–Trinajstić information content (AvgIpc) is 2.30. The maximum absolute atomic E-state index is 11.8. The number of carbonyl (C=O) groups is 4. The summed E-state index contributed by atoms with van der Waals surface area (Å²) in [6, 6.07) is -0.887. The first-order valence-electron chi connectivity index (χ1n) is 6.46. The molecule has 0 aromatic rings. The van der Waals surface area contributed by atoms with Crippen LogP contribution in [-0.4, -0.2) is 42.3 Å². The van der Waals surface area contributed by atoms with Crippen LogP contribution in [0, 0.1) is 0 Å². The lowest BCUT2D eigenvalue weighted by Gasteiger charge is -2.18. The topological polar surface area (TPSA) is 102 Å². The molecule has 0 radical (unpaired) electrons. The molecule has 0 aliphatic heterocycles. The van der Waals surface area contributed by atoms with Crippen molar-refractivity contribution >= 4 is 23.6 Å². The maximum atomic E-state index is 11.8. The van der Waals surface area contributed by atoms with Gasteiger partial charge in [-0.15, -0.1) is 0 Å². The summed E-state index contributed by atoms with van der Waals surface area (Å²) in [7, 11) is 0. The molecule has 7 heteroatoms. The van der Waals surface area contributed by atoms with Crippen LogP contribution in [-0.2, 0) is 23.9 Å². The number of carbonyl (C=O) groups excluding carboxylic acids is 4. The van der Waals surface area contributed by atoms with Gasteiger partial charge in [-0.25, -0.2) is 4.79 Å². The van der Waals surface area contributed by atoms with E-state index in [-0.39, 0.29) is 37.2 Å². The van der Waals surface area contributed by atoms with Crippen molar-refractivity contribution in [1.29, 1.82) is 0 Å². The zero-order valence-corrected chi connectivity index (χ0v) is 12.3. The van der Waals surface area contributed by atoms with Gasteiger partial charge in [0.25, 0.3) is 0 Å². The molecule has 0 fully saturated rings. The van der Waals surface area contributed by atoms with Crippen LogP contribution in [0.25, 0.3) is 0 Å². The van der Waals surface area contributed by atoms with Crippen LogP contribution in [0.15, 0.2) is 0 Å². The highest BCUT2D eigenvalue weighted by Crippen LogP contribution is 2.03. The summed E-state index contributed by atoms with van der Waals surface area (Å²) in [5.41, 5.74) is 0. The van der Waals surface area contributed by atoms with E-state index in [4.69, 9.17) is 4.74 Å². The number of amides is 2. The predicted octanol–water partition coefficient (Wildman–Crippen LogP) is -0.0719. The second kappa shape index (κ2) is 9.06. The van der Waals surface area contributed by atoms with Gasteiger partial charge in [0.05, 0.1) is 12.6 Å². The Kier molecular flexibility index (Phi) is 8.19. The minimum absolute atomic E-state index is 0.0801. The van der Waals surface area contributed by atoms with Gasteiger partial charge in [-0.3, -0.25) is 9.59 Å². The van der Waals surface area contributed by atoms with Crippen LogP contribution in [0.4, 0.5) is 0 Å². The molecule has 0 saturated carbocycles. The molecule has 114 valence electrons. The number of nitrogens with one attached hydrogen (secondary N) is 2. The van der Waals surface area contributed by atoms with Crippen molar-refractivity contribution in [3.05, 3.63) is 0 Å². The van der Waals surface area contributed by atoms with E-state index >= 15 is 0 Å². The van der Waals surface area contributed by atoms with Gasteiger partial charge < -0.3 is 20.2 Å². The van der Waals surface area contributed by atoms with E-state index in [2.05, 4.69) is 10.6 Å². The van der Waals surface area contributed by atoms with Crippen LogP contribution >= 0.6 is 0 Å². The van der Waals surface area contributed by atoms with Gasteiger partial charge in [-0.05, 0) is 27.2 Å². The van der Waals surface area contributed by atoms with Gasteiger partial charge >= 0.3 is 5.97 Å². The molecule has 0 bridgehead atoms. The van der Waals surface area contributed by atoms with Crippen LogP contribution in [0.2, 0.25) is 0 Å². The highest BCUT2D eigenvalue weighted by Gasteiger charge is 2.23. The van der Waals surface area contributed by atoms with Crippen LogP contribution in [0.3, 0.4) is 0 Å². The number of ether oxygens (including phenoxy) is 1. The van der Waals surface area contributed by atoms with E-state index in [0.29, 0.717) is 0 Å². The lowest BCUT2D eigenvalue weighted by molar-refractivity contribution is -0.151. The molecule has 7 nitrogen and oxygen atoms in total. The third kappa shape index (κ3) is 9.07. The normalized spacial score (nSPS) is 11.7. The molecule has 0 aliphatic rings. The number of hydrogen-bond acceptors (Lipinski definition) is 5. The fraction of sp³-hybridized carbons (Fsp3) is 0.692. The lowest BCUT2D eigenvalue weighted by atomic mass is 10.1. The van der Waals surface area contributed by atoms with Crippen molar-refractivity contribution in [3.8, 4) is 0 Å². The fourth-order valence-corrected chi connectivity index (χ4v) is 1.36. The number of ketones is 1. The fourth-order valence-electron chi connectivity index (χ4n) is 1.36. The zero-order valence-electron chi connectivity index (χ0n) is 12.3. The van der Waals surface area contributed by atoms with E-state index in [1.807, 2.05) is 0 Å². The van der Waals surface area contributed by atoms with Gasteiger partial charge in [-0.1, -0.05) is 0 Å². The summed E-state index contributed by atoms with van der Waals surface area (Å²) in [6.07, 6.45) is 0.0277. The van der Waals surface area contributed by atoms with Gasteiger partial charge in [0.15, 0.2) is 0 Å². The molecule has 20 heavy (non-hydrogen) atoms. The molecule has 1 unspecified atom stereocenters. The van der Waals surface area contributed by atoms with Gasteiger partial charge in [-0.2, -0.15) is 0 Å². The first kappa shape index (κ1) is 18.1. The molecule has 0 saturated heterocycles. The Morgan fingerprint density at radius 2 is 1.70 bits per heavy atom. The van der Waals surface area contributed by atoms with Crippen LogP contribution in [0.5, 0.6) is 0 Å². The molecule has 0 rings (SSSR count). The lowest BCUT2D eigenvalue weighted by Crippen LogP contribution is -2.46. The van der Waals surface area contributed by atoms with Crippen molar-refractivity contribution in [3.63, 3.8) is 0 Å². The summed E-state index contributed by atoms with van der Waals surface area (Å²) in [6.45, 7) is 5.86. The first-order valence-corrected chi connectivity index (χ1v) is 6.46. The minimum Gasteiger partial charge on any atom is -0.461 e. The molecular formula is C13H22N2O5. The molecule has 0 aromatic heterocycles. The van der Waals surface area contributed by atoms with Crippen molar-refractivity contribution in [2.75, 3.05) is 6.54 Å². The SMILES string of the molecule is CC(=O)CCC(NC(=O)CNC(C)=O)C(=O)OC(C)C. The molecule has 1 atom stereocenters. The highest BCUT2D eigenvalue weighted by molar-refractivity contribution is 5.88. The van der Waals surface area contributed by atoms with Crippen molar-refractivity contribution in [2.45, 2.75) is 52.7 Å². The van der Waals surface area contributed by atoms with Crippen molar-refractivity contribution in [1.82, 2.24) is 10.6 Å². The second-order valence-electron chi connectivity index (χ2n) is 4.76. The molecular weight excluding hydrogens is 264 g/mol. The predicted molar refractivity (Wildman–Crippen MR) is 71.8 cm³/mol. The zero-order chi connectivity index (χ0) is 15.7. The molecule has 0 spiro atoms. The Bertz CT molecular complexity index is 379. The van der Waals surface area contributed by atoms with Gasteiger partial charge in [0, 0.05) is 13.3 Å². The smallest absolute Gasteiger partial charge is 0.328 e. The highest BCUT2D eigenvalue weighted by atomic mass is 16.5. The monoisotopic (exact) mass is 286 g/mol. The number of esters is 1. The summed E-state index contributed by atoms with van der Waals surface area (Å²) < 4.78 is 5.02. The molecule has 2 N–H and O–H groups in total. The Hall–Kier alpha value is -1.92. The number of rotatable bonds is 8. The van der Waals surface area contributed by atoms with E-state index in [1.54, 1.807) is 13.8 Å². The Morgan fingerprint density at radius 1 is 1.10 bits per heavy atom. The Balaban J connectivity index is 4.50. The molecule has 2 amide bonds. The Labute approximate surface area is 118 Å². The Morgan fingerprint density at radius 3 is 2.15 bits per heavy atom. The number of hydrogen-bond donors (Lipinski definition) is 2. The summed E-state index contributed by atoms with van der Waals surface area (Å²) in [4.78, 5) is 45.1. The average molecular weight is 286 g/mol. The second-order valence-corrected chi connectivity index (χ2v) is 4.76. The maximum Gasteiger partial charge on any atom is 0.328 e. The van der Waals surface area contributed by atoms with E-state index in [0.717, 1.165) is 0 Å². The van der Waals surface area contributed by atoms with Crippen LogP contribution in [0.1, 0.15) is 40.5 Å². The molecule has 0 heterocycles. The third-order valence-electron chi connectivity index (χ3n) is 2.25. The summed E-state index contributed by atoms with van der Waals surface area (Å²) in [5, 5.41) is 4.78. The number of Topliss-reactive ketones (excluding diaryl/α,β-unsaturated/α-hetero) is 1. The quantitative estimate of drug-likeness (QED) is 0.608. The van der Waals surface area contributed by atoms with Gasteiger partial charge in [0.1, 0.15) is 11.8 Å². The standard InChI is InChI=1S/C13H22N2O5/c1-8(2)20-13(19)11(6-5-9(3)16)15-12(18)7-14-10(4)17/h8,11H,5-7H2,1-4H3,(H,14,17)(H,15,18). The third-order valence-corrected chi connectivity index (χ3v) is 2.25. The minimum atomic E-state index is -0.887. The van der Waals surface area contributed by atoms with Gasteiger partial charge in [0.2, 0.25) is 11.8 Å². The first-order chi connectivity index (χ1) is 9.22. The summed E-state index contributed by atoms with van der Waals surface area (Å²) in [5.74, 6) is -1.51. The summed E-state index contributed by atoms with van der Waals surface area (Å²) >= 11 is 0. The van der Waals surface area contributed by atoms with E-state index < -0.39 is 17.9 Å².